The minimum atomic E-state index is -0.000641. The molecule has 2 N–H and O–H groups in total. The van der Waals surface area contributed by atoms with E-state index in [4.69, 9.17) is 5.73 Å². The second-order valence-corrected chi connectivity index (χ2v) is 7.35. The Kier molecular flexibility index (Phi) is 3.42. The molecule has 1 amide bonds. The molecule has 21 heavy (non-hydrogen) atoms. The van der Waals surface area contributed by atoms with Crippen molar-refractivity contribution in [3.8, 4) is 0 Å². The highest BCUT2D eigenvalue weighted by molar-refractivity contribution is 7.21. The summed E-state index contributed by atoms with van der Waals surface area (Å²) in [6.07, 6.45) is 0. The summed E-state index contributed by atoms with van der Waals surface area (Å²) in [6.45, 7) is 6.72. The first-order valence-corrected chi connectivity index (χ1v) is 7.99. The number of carbonyl (C=O) groups is 1. The second kappa shape index (κ2) is 5.00. The van der Waals surface area contributed by atoms with Gasteiger partial charge in [0.15, 0.2) is 0 Å². The van der Waals surface area contributed by atoms with Crippen LogP contribution < -0.4 is 5.73 Å². The number of nitrogen functional groups attached to an aromatic ring is 1. The number of amides is 1. The van der Waals surface area contributed by atoms with Crippen LogP contribution in [0.25, 0.3) is 10.1 Å². The molecule has 2 aromatic rings. The summed E-state index contributed by atoms with van der Waals surface area (Å²) in [4.78, 5) is 17.7. The Morgan fingerprint density at radius 2 is 2.00 bits per heavy atom. The SMILES string of the molecule is CN1CCN(C(=O)c2sc3ccccc3c2N)CC1(C)C. The number of nitrogens with two attached hydrogens (primary N) is 1. The predicted molar refractivity (Wildman–Crippen MR) is 88.8 cm³/mol. The van der Waals surface area contributed by atoms with Crippen molar-refractivity contribution in [2.24, 2.45) is 0 Å². The lowest BCUT2D eigenvalue weighted by atomic mass is 9.99. The lowest BCUT2D eigenvalue weighted by molar-refractivity contribution is 0.0315. The minimum absolute atomic E-state index is 0.000641. The molecule has 0 spiro atoms. The maximum Gasteiger partial charge on any atom is 0.266 e. The number of anilines is 1. The third-order valence-corrected chi connectivity index (χ3v) is 5.61. The molecule has 0 bridgehead atoms. The quantitative estimate of drug-likeness (QED) is 0.881. The number of thiophene rings is 1. The van der Waals surface area contributed by atoms with Crippen molar-refractivity contribution in [3.05, 3.63) is 29.1 Å². The smallest absolute Gasteiger partial charge is 0.266 e. The Labute approximate surface area is 129 Å². The first-order chi connectivity index (χ1) is 9.90. The zero-order chi connectivity index (χ0) is 15.2. The van der Waals surface area contributed by atoms with E-state index >= 15 is 0 Å². The predicted octanol–water partition coefficient (Wildman–Crippen LogP) is 2.65. The van der Waals surface area contributed by atoms with Crippen LogP contribution in [0.4, 0.5) is 5.69 Å². The summed E-state index contributed by atoms with van der Waals surface area (Å²) in [5, 5.41) is 0.985. The average Bonchev–Trinajstić information content (AvgIpc) is 2.79. The Morgan fingerprint density at radius 1 is 1.29 bits per heavy atom. The molecule has 0 aliphatic carbocycles. The van der Waals surface area contributed by atoms with Gasteiger partial charge >= 0.3 is 0 Å². The summed E-state index contributed by atoms with van der Waals surface area (Å²) < 4.78 is 1.08. The highest BCUT2D eigenvalue weighted by Gasteiger charge is 2.34. The van der Waals surface area contributed by atoms with E-state index in [0.717, 1.165) is 29.7 Å². The van der Waals surface area contributed by atoms with Crippen LogP contribution in [0.5, 0.6) is 0 Å². The third kappa shape index (κ3) is 2.40. The number of piperazine rings is 1. The summed E-state index contributed by atoms with van der Waals surface area (Å²) in [7, 11) is 2.11. The van der Waals surface area contributed by atoms with Crippen LogP contribution >= 0.6 is 11.3 Å². The van der Waals surface area contributed by atoms with Crippen molar-refractivity contribution in [1.29, 1.82) is 0 Å². The fourth-order valence-corrected chi connectivity index (χ4v) is 3.87. The number of hydrogen-bond donors (Lipinski definition) is 1. The van der Waals surface area contributed by atoms with Crippen LogP contribution in [0.1, 0.15) is 23.5 Å². The Morgan fingerprint density at radius 3 is 2.67 bits per heavy atom. The van der Waals surface area contributed by atoms with Gasteiger partial charge in [0.05, 0.1) is 5.69 Å². The number of rotatable bonds is 1. The van der Waals surface area contributed by atoms with Crippen molar-refractivity contribution in [1.82, 2.24) is 9.80 Å². The van der Waals surface area contributed by atoms with E-state index in [-0.39, 0.29) is 11.4 Å². The molecular weight excluding hydrogens is 282 g/mol. The lowest BCUT2D eigenvalue weighted by Gasteiger charge is -2.45. The number of benzene rings is 1. The monoisotopic (exact) mass is 303 g/mol. The number of hydrogen-bond acceptors (Lipinski definition) is 4. The zero-order valence-corrected chi connectivity index (χ0v) is 13.5. The van der Waals surface area contributed by atoms with Crippen molar-refractivity contribution in [2.75, 3.05) is 32.4 Å². The number of nitrogens with zero attached hydrogens (tertiary/aromatic N) is 2. The molecule has 1 aliphatic heterocycles. The van der Waals surface area contributed by atoms with Crippen LogP contribution in [-0.4, -0.2) is 47.9 Å². The van der Waals surface area contributed by atoms with Gasteiger partial charge in [-0.2, -0.15) is 0 Å². The molecule has 0 unspecified atom stereocenters. The first kappa shape index (κ1) is 14.4. The molecule has 2 heterocycles. The molecule has 1 aliphatic rings. The molecular formula is C16H21N3OS. The molecule has 0 atom stereocenters. The summed E-state index contributed by atoms with van der Waals surface area (Å²) >= 11 is 1.50. The third-order valence-electron chi connectivity index (χ3n) is 4.43. The van der Waals surface area contributed by atoms with Crippen molar-refractivity contribution >= 4 is 33.0 Å². The van der Waals surface area contributed by atoms with Crippen molar-refractivity contribution in [3.63, 3.8) is 0 Å². The van der Waals surface area contributed by atoms with Crippen molar-refractivity contribution in [2.45, 2.75) is 19.4 Å². The molecule has 1 fully saturated rings. The molecule has 5 heteroatoms. The van der Waals surface area contributed by atoms with Gasteiger partial charge in [0.25, 0.3) is 5.91 Å². The molecule has 4 nitrogen and oxygen atoms in total. The van der Waals surface area contributed by atoms with Gasteiger partial charge in [-0.1, -0.05) is 18.2 Å². The standard InChI is InChI=1S/C16H21N3OS/c1-16(2)10-19(9-8-18(16)3)15(20)14-13(17)11-6-4-5-7-12(11)21-14/h4-7H,8-10,17H2,1-3H3. The zero-order valence-electron chi connectivity index (χ0n) is 12.7. The molecule has 112 valence electrons. The normalized spacial score (nSPS) is 19.1. The minimum Gasteiger partial charge on any atom is -0.397 e. The van der Waals surface area contributed by atoms with Gasteiger partial charge in [-0.3, -0.25) is 9.69 Å². The maximum atomic E-state index is 12.8. The molecule has 3 rings (SSSR count). The van der Waals surface area contributed by atoms with Gasteiger partial charge in [-0.05, 0) is 27.0 Å². The van der Waals surface area contributed by atoms with Gasteiger partial charge in [0.2, 0.25) is 0 Å². The van der Waals surface area contributed by atoms with Crippen LogP contribution in [0, 0.1) is 0 Å². The highest BCUT2D eigenvalue weighted by Crippen LogP contribution is 2.34. The molecule has 0 radical (unpaired) electrons. The number of carbonyl (C=O) groups excluding carboxylic acids is 1. The fraction of sp³-hybridized carbons (Fsp3) is 0.438. The van der Waals surface area contributed by atoms with Crippen LogP contribution in [0.15, 0.2) is 24.3 Å². The van der Waals surface area contributed by atoms with E-state index in [0.29, 0.717) is 10.6 Å². The largest absolute Gasteiger partial charge is 0.397 e. The van der Waals surface area contributed by atoms with Gasteiger partial charge in [0, 0.05) is 35.3 Å². The Bertz CT molecular complexity index is 692. The highest BCUT2D eigenvalue weighted by atomic mass is 32.1. The van der Waals surface area contributed by atoms with Gasteiger partial charge in [0.1, 0.15) is 4.88 Å². The second-order valence-electron chi connectivity index (χ2n) is 6.30. The van der Waals surface area contributed by atoms with Gasteiger partial charge < -0.3 is 10.6 Å². The lowest BCUT2D eigenvalue weighted by Crippen LogP contribution is -2.58. The van der Waals surface area contributed by atoms with E-state index in [1.54, 1.807) is 0 Å². The van der Waals surface area contributed by atoms with Crippen molar-refractivity contribution < 1.29 is 4.79 Å². The summed E-state index contributed by atoms with van der Waals surface area (Å²) in [5.74, 6) is 0.0647. The van der Waals surface area contributed by atoms with Gasteiger partial charge in [-0.15, -0.1) is 11.3 Å². The summed E-state index contributed by atoms with van der Waals surface area (Å²) in [6, 6.07) is 7.93. The van der Waals surface area contributed by atoms with Crippen LogP contribution in [0.3, 0.4) is 0 Å². The summed E-state index contributed by atoms with van der Waals surface area (Å²) in [5.41, 5.74) is 6.82. The van der Waals surface area contributed by atoms with E-state index < -0.39 is 0 Å². The molecule has 1 aromatic heterocycles. The van der Waals surface area contributed by atoms with Crippen LogP contribution in [0.2, 0.25) is 0 Å². The van der Waals surface area contributed by atoms with E-state index in [1.807, 2.05) is 29.2 Å². The van der Waals surface area contributed by atoms with E-state index in [9.17, 15) is 4.79 Å². The fourth-order valence-electron chi connectivity index (χ4n) is 2.78. The number of fused-ring (bicyclic) bond motifs is 1. The van der Waals surface area contributed by atoms with E-state index in [2.05, 4.69) is 25.8 Å². The van der Waals surface area contributed by atoms with Gasteiger partial charge in [-0.25, -0.2) is 0 Å². The first-order valence-electron chi connectivity index (χ1n) is 7.18. The van der Waals surface area contributed by atoms with E-state index in [1.165, 1.54) is 11.3 Å². The molecule has 1 aromatic carbocycles. The molecule has 1 saturated heterocycles. The average molecular weight is 303 g/mol. The topological polar surface area (TPSA) is 49.6 Å². The Hall–Kier alpha value is -1.59. The Balaban J connectivity index is 1.92. The van der Waals surface area contributed by atoms with Crippen LogP contribution in [-0.2, 0) is 0 Å². The molecule has 0 saturated carbocycles. The number of likely N-dealkylation sites (N-methyl/N-ethyl adjacent to an activating group) is 1. The maximum absolute atomic E-state index is 12.8.